The predicted molar refractivity (Wildman–Crippen MR) is 93.9 cm³/mol. The molecule has 114 valence electrons. The average molecular weight is 320 g/mol. The highest BCUT2D eigenvalue weighted by atomic mass is 32.2. The van der Waals surface area contributed by atoms with E-state index in [9.17, 15) is 0 Å². The minimum Gasteiger partial charge on any atom is -0.187 e. The Morgan fingerprint density at radius 3 is 2.39 bits per heavy atom. The second-order valence-corrected chi connectivity index (χ2v) is 6.90. The molecule has 0 unspecified atom stereocenters. The van der Waals surface area contributed by atoms with Crippen LogP contribution in [0, 0.1) is 6.92 Å². The summed E-state index contributed by atoms with van der Waals surface area (Å²) in [5.74, 6) is 0.785. The van der Waals surface area contributed by atoms with Crippen molar-refractivity contribution < 1.29 is 0 Å². The largest absolute Gasteiger partial charge is 0.213 e. The van der Waals surface area contributed by atoms with Crippen LogP contribution in [0.25, 0.3) is 11.4 Å². The number of thioether (sulfide) groups is 1. The summed E-state index contributed by atoms with van der Waals surface area (Å²) in [5.41, 5.74) is 4.45. The Morgan fingerprint density at radius 2 is 1.65 bits per heavy atom. The van der Waals surface area contributed by atoms with Crippen LogP contribution in [-0.2, 0) is 0 Å². The van der Waals surface area contributed by atoms with E-state index in [0.29, 0.717) is 0 Å². The zero-order chi connectivity index (χ0) is 15.8. The van der Waals surface area contributed by atoms with Crippen molar-refractivity contribution in [2.75, 3.05) is 0 Å². The molecule has 2 heterocycles. The molecule has 0 saturated carbocycles. The molecular weight excluding hydrogens is 304 g/mol. The van der Waals surface area contributed by atoms with Crippen LogP contribution >= 0.6 is 11.8 Å². The molecule has 0 radical (unpaired) electrons. The van der Waals surface area contributed by atoms with Gasteiger partial charge in [-0.1, -0.05) is 71.9 Å². The molecule has 3 aromatic rings. The summed E-state index contributed by atoms with van der Waals surface area (Å²) < 4.78 is 1.86. The number of rotatable bonds is 2. The third-order valence-corrected chi connectivity index (χ3v) is 4.91. The lowest BCUT2D eigenvalue weighted by Gasteiger charge is -2.19. The van der Waals surface area contributed by atoms with Crippen molar-refractivity contribution in [2.45, 2.75) is 24.3 Å². The quantitative estimate of drug-likeness (QED) is 0.717. The standard InChI is InChI=1S/C18H16N4S/c1-12-8-10-15(11-9-12)17-19-20-18-22(17)21-16(13(2)23-18)14-6-4-3-5-7-14/h3-11,13H,1-2H3/t13-/m0/s1. The van der Waals surface area contributed by atoms with Gasteiger partial charge in [-0.3, -0.25) is 0 Å². The van der Waals surface area contributed by atoms with Gasteiger partial charge in [0.25, 0.3) is 0 Å². The number of benzene rings is 2. The highest BCUT2D eigenvalue weighted by Crippen LogP contribution is 2.32. The summed E-state index contributed by atoms with van der Waals surface area (Å²) >= 11 is 1.69. The lowest BCUT2D eigenvalue weighted by atomic mass is 10.1. The number of aromatic nitrogens is 3. The van der Waals surface area contributed by atoms with Crippen molar-refractivity contribution in [1.29, 1.82) is 0 Å². The number of aryl methyl sites for hydroxylation is 1. The van der Waals surface area contributed by atoms with Crippen LogP contribution in [0.1, 0.15) is 18.1 Å². The molecule has 0 amide bonds. The summed E-state index contributed by atoms with van der Waals surface area (Å²) in [4.78, 5) is 0. The molecule has 0 bridgehead atoms. The highest BCUT2D eigenvalue weighted by molar-refractivity contribution is 8.00. The van der Waals surface area contributed by atoms with Gasteiger partial charge in [-0.15, -0.1) is 10.2 Å². The van der Waals surface area contributed by atoms with Crippen molar-refractivity contribution >= 4 is 17.5 Å². The average Bonchev–Trinajstić information content (AvgIpc) is 2.98. The topological polar surface area (TPSA) is 43.1 Å². The van der Waals surface area contributed by atoms with Crippen LogP contribution in [-0.4, -0.2) is 25.8 Å². The first-order chi connectivity index (χ1) is 11.2. The van der Waals surface area contributed by atoms with Crippen LogP contribution in [0.2, 0.25) is 0 Å². The molecule has 2 aromatic carbocycles. The third-order valence-electron chi connectivity index (χ3n) is 3.87. The van der Waals surface area contributed by atoms with E-state index in [1.165, 1.54) is 5.56 Å². The van der Waals surface area contributed by atoms with Gasteiger partial charge in [0.2, 0.25) is 5.16 Å². The fourth-order valence-corrected chi connectivity index (χ4v) is 3.54. The van der Waals surface area contributed by atoms with E-state index in [2.05, 4.69) is 60.4 Å². The first-order valence-electron chi connectivity index (χ1n) is 7.56. The molecular formula is C18H16N4S. The number of hydrogen-bond acceptors (Lipinski definition) is 4. The van der Waals surface area contributed by atoms with Gasteiger partial charge in [0.1, 0.15) is 0 Å². The molecule has 4 nitrogen and oxygen atoms in total. The van der Waals surface area contributed by atoms with Crippen LogP contribution in [0.4, 0.5) is 0 Å². The fourth-order valence-electron chi connectivity index (χ4n) is 2.62. The van der Waals surface area contributed by atoms with Crippen LogP contribution in [0.3, 0.4) is 0 Å². The molecule has 0 fully saturated rings. The molecule has 0 N–H and O–H groups in total. The minimum absolute atomic E-state index is 0.250. The molecule has 0 saturated heterocycles. The number of hydrogen-bond donors (Lipinski definition) is 0. The van der Waals surface area contributed by atoms with Crippen molar-refractivity contribution in [2.24, 2.45) is 5.10 Å². The fraction of sp³-hybridized carbons (Fsp3) is 0.167. The lowest BCUT2D eigenvalue weighted by molar-refractivity contribution is 0.754. The first kappa shape index (κ1) is 14.2. The van der Waals surface area contributed by atoms with E-state index in [4.69, 9.17) is 5.10 Å². The maximum Gasteiger partial charge on any atom is 0.213 e. The molecule has 4 rings (SSSR count). The molecule has 0 aliphatic carbocycles. The van der Waals surface area contributed by atoms with Gasteiger partial charge >= 0.3 is 0 Å². The normalized spacial score (nSPS) is 16.8. The SMILES string of the molecule is Cc1ccc(-c2nnc3n2N=C(c2ccccc2)[C@H](C)S3)cc1. The van der Waals surface area contributed by atoms with Gasteiger partial charge in [-0.25, -0.2) is 0 Å². The number of fused-ring (bicyclic) bond motifs is 1. The lowest BCUT2D eigenvalue weighted by Crippen LogP contribution is -2.21. The van der Waals surface area contributed by atoms with Crippen LogP contribution in [0.5, 0.6) is 0 Å². The van der Waals surface area contributed by atoms with E-state index in [1.54, 1.807) is 11.8 Å². The Bertz CT molecular complexity index is 866. The summed E-state index contributed by atoms with van der Waals surface area (Å²) in [5, 5.41) is 14.6. The van der Waals surface area contributed by atoms with Crippen molar-refractivity contribution in [3.8, 4) is 11.4 Å². The summed E-state index contributed by atoms with van der Waals surface area (Å²) in [6.45, 7) is 4.23. The van der Waals surface area contributed by atoms with E-state index < -0.39 is 0 Å². The zero-order valence-corrected chi connectivity index (χ0v) is 13.8. The van der Waals surface area contributed by atoms with E-state index >= 15 is 0 Å². The zero-order valence-electron chi connectivity index (χ0n) is 13.0. The van der Waals surface area contributed by atoms with Gasteiger partial charge in [0.05, 0.1) is 11.0 Å². The van der Waals surface area contributed by atoms with Gasteiger partial charge in [0.15, 0.2) is 5.82 Å². The summed E-state index contributed by atoms with van der Waals surface area (Å²) in [6, 6.07) is 18.6. The Labute approximate surface area is 139 Å². The maximum absolute atomic E-state index is 4.84. The molecule has 1 aliphatic heterocycles. The Balaban J connectivity index is 1.83. The number of nitrogens with zero attached hydrogens (tertiary/aromatic N) is 4. The highest BCUT2D eigenvalue weighted by Gasteiger charge is 2.25. The second-order valence-electron chi connectivity index (χ2n) is 5.60. The molecule has 1 aromatic heterocycles. The predicted octanol–water partition coefficient (Wildman–Crippen LogP) is 4.00. The van der Waals surface area contributed by atoms with Crippen LogP contribution in [0.15, 0.2) is 64.9 Å². The van der Waals surface area contributed by atoms with Crippen molar-refractivity contribution in [1.82, 2.24) is 14.9 Å². The Hall–Kier alpha value is -2.40. The van der Waals surface area contributed by atoms with Crippen molar-refractivity contribution in [3.05, 3.63) is 65.7 Å². The van der Waals surface area contributed by atoms with Gasteiger partial charge in [0, 0.05) is 5.56 Å². The van der Waals surface area contributed by atoms with Gasteiger partial charge in [-0.2, -0.15) is 9.78 Å². The Morgan fingerprint density at radius 1 is 0.913 bits per heavy atom. The van der Waals surface area contributed by atoms with E-state index in [-0.39, 0.29) is 5.25 Å². The Kier molecular flexibility index (Phi) is 3.50. The minimum atomic E-state index is 0.250. The molecule has 0 spiro atoms. The van der Waals surface area contributed by atoms with Crippen LogP contribution < -0.4 is 0 Å². The second kappa shape index (κ2) is 5.66. The molecule has 5 heteroatoms. The maximum atomic E-state index is 4.84. The molecule has 23 heavy (non-hydrogen) atoms. The van der Waals surface area contributed by atoms with Gasteiger partial charge < -0.3 is 0 Å². The molecule has 1 aliphatic rings. The van der Waals surface area contributed by atoms with Gasteiger partial charge in [-0.05, 0) is 19.4 Å². The van der Waals surface area contributed by atoms with E-state index in [1.807, 2.05) is 22.9 Å². The third kappa shape index (κ3) is 2.57. The van der Waals surface area contributed by atoms with E-state index in [0.717, 1.165) is 27.8 Å². The van der Waals surface area contributed by atoms with Crippen molar-refractivity contribution in [3.63, 3.8) is 0 Å². The molecule has 1 atom stereocenters. The monoisotopic (exact) mass is 320 g/mol. The first-order valence-corrected chi connectivity index (χ1v) is 8.44. The smallest absolute Gasteiger partial charge is 0.187 e. The summed E-state index contributed by atoms with van der Waals surface area (Å²) in [6.07, 6.45) is 0. The summed E-state index contributed by atoms with van der Waals surface area (Å²) in [7, 11) is 0.